The fourth-order valence-corrected chi connectivity index (χ4v) is 5.28. The van der Waals surface area contributed by atoms with E-state index >= 15 is 0 Å². The molecule has 8 nitrogen and oxygen atoms in total. The van der Waals surface area contributed by atoms with Crippen LogP contribution >= 0.6 is 11.8 Å². The summed E-state index contributed by atoms with van der Waals surface area (Å²) >= 11 is 1.22. The largest absolute Gasteiger partial charge is 0.494 e. The van der Waals surface area contributed by atoms with Crippen LogP contribution in [0.5, 0.6) is 5.75 Å². The summed E-state index contributed by atoms with van der Waals surface area (Å²) in [5.41, 5.74) is 0. The maximum atomic E-state index is 12.8. The Morgan fingerprint density at radius 2 is 1.78 bits per heavy atom. The van der Waals surface area contributed by atoms with Crippen molar-refractivity contribution in [1.29, 1.82) is 0 Å². The molecule has 3 rings (SSSR count). The van der Waals surface area contributed by atoms with Crippen LogP contribution in [0.25, 0.3) is 0 Å². The van der Waals surface area contributed by atoms with E-state index in [1.807, 2.05) is 6.92 Å². The number of carbonyl (C=O) groups is 2. The van der Waals surface area contributed by atoms with Gasteiger partial charge in [-0.1, -0.05) is 11.8 Å². The lowest BCUT2D eigenvalue weighted by atomic mass is 10.3. The second-order valence-electron chi connectivity index (χ2n) is 6.23. The van der Waals surface area contributed by atoms with Gasteiger partial charge in [-0.2, -0.15) is 4.31 Å². The third-order valence-corrected chi connectivity index (χ3v) is 7.34. The number of hydrogen-bond donors (Lipinski definition) is 0. The number of benzene rings is 1. The van der Waals surface area contributed by atoms with Crippen molar-refractivity contribution >= 4 is 32.9 Å². The van der Waals surface area contributed by atoms with Crippen molar-refractivity contribution in [3.8, 4) is 5.75 Å². The van der Waals surface area contributed by atoms with E-state index in [9.17, 15) is 18.0 Å². The van der Waals surface area contributed by atoms with E-state index in [0.717, 1.165) is 0 Å². The molecule has 0 N–H and O–H groups in total. The molecule has 0 bridgehead atoms. The van der Waals surface area contributed by atoms with Gasteiger partial charge in [0.15, 0.2) is 0 Å². The van der Waals surface area contributed by atoms with Gasteiger partial charge in [0, 0.05) is 38.5 Å². The first kappa shape index (κ1) is 20.0. The lowest BCUT2D eigenvalue weighted by Gasteiger charge is -2.34. The molecule has 2 aliphatic heterocycles. The monoisotopic (exact) mass is 413 g/mol. The van der Waals surface area contributed by atoms with Crippen molar-refractivity contribution in [2.45, 2.75) is 11.8 Å². The molecule has 0 aliphatic carbocycles. The minimum absolute atomic E-state index is 0.0669. The number of carbonyl (C=O) groups excluding carboxylic acids is 2. The highest BCUT2D eigenvalue weighted by Crippen LogP contribution is 2.21. The Hall–Kier alpha value is -1.78. The number of thioether (sulfide) groups is 1. The van der Waals surface area contributed by atoms with Crippen LogP contribution < -0.4 is 4.74 Å². The number of nitrogens with zero attached hydrogens (tertiary/aromatic N) is 3. The highest BCUT2D eigenvalue weighted by molar-refractivity contribution is 8.13. The molecule has 1 aromatic rings. The molecule has 2 aliphatic rings. The van der Waals surface area contributed by atoms with Crippen molar-refractivity contribution in [2.75, 3.05) is 51.6 Å². The lowest BCUT2D eigenvalue weighted by Crippen LogP contribution is -2.52. The molecular formula is C17H23N3O5S2. The van der Waals surface area contributed by atoms with Gasteiger partial charge in [0.1, 0.15) is 12.3 Å². The molecule has 2 fully saturated rings. The number of piperazine rings is 1. The predicted molar refractivity (Wildman–Crippen MR) is 102 cm³/mol. The molecular weight excluding hydrogens is 390 g/mol. The molecule has 27 heavy (non-hydrogen) atoms. The van der Waals surface area contributed by atoms with Crippen molar-refractivity contribution in [1.82, 2.24) is 14.1 Å². The molecule has 148 valence electrons. The third-order valence-electron chi connectivity index (χ3n) is 4.53. The van der Waals surface area contributed by atoms with Gasteiger partial charge in [0.2, 0.25) is 15.9 Å². The first-order valence-electron chi connectivity index (χ1n) is 8.84. The number of amides is 2. The topological polar surface area (TPSA) is 87.2 Å². The summed E-state index contributed by atoms with van der Waals surface area (Å²) in [6.45, 7) is 4.16. The van der Waals surface area contributed by atoms with E-state index in [-0.39, 0.29) is 35.7 Å². The minimum Gasteiger partial charge on any atom is -0.494 e. The van der Waals surface area contributed by atoms with Crippen LogP contribution in [0.2, 0.25) is 0 Å². The zero-order valence-corrected chi connectivity index (χ0v) is 16.8. The van der Waals surface area contributed by atoms with Gasteiger partial charge < -0.3 is 14.5 Å². The summed E-state index contributed by atoms with van der Waals surface area (Å²) < 4.78 is 32.3. The number of sulfonamides is 1. The highest BCUT2D eigenvalue weighted by Gasteiger charge is 2.31. The number of hydrogen-bond acceptors (Lipinski definition) is 6. The summed E-state index contributed by atoms with van der Waals surface area (Å²) in [5, 5.41) is -0.0694. The highest BCUT2D eigenvalue weighted by atomic mass is 32.2. The minimum atomic E-state index is -3.60. The molecule has 0 unspecified atom stereocenters. The van der Waals surface area contributed by atoms with E-state index in [2.05, 4.69) is 0 Å². The lowest BCUT2D eigenvalue weighted by molar-refractivity contribution is -0.132. The molecule has 2 amide bonds. The van der Waals surface area contributed by atoms with Crippen LogP contribution in [-0.4, -0.2) is 85.3 Å². The standard InChI is InChI=1S/C17H23N3O5S2/c1-2-25-14-3-5-15(6-4-14)27(23,24)20-9-7-18(8-10-20)16(21)13-19-11-12-26-17(19)22/h3-6H,2,7-13H2,1H3. The molecule has 0 atom stereocenters. The van der Waals surface area contributed by atoms with Gasteiger partial charge in [0.25, 0.3) is 5.24 Å². The van der Waals surface area contributed by atoms with E-state index in [4.69, 9.17) is 4.74 Å². The second-order valence-corrected chi connectivity index (χ2v) is 9.21. The molecule has 0 radical (unpaired) electrons. The Bertz CT molecular complexity index is 789. The van der Waals surface area contributed by atoms with Crippen LogP contribution in [0, 0.1) is 0 Å². The van der Waals surface area contributed by atoms with Crippen LogP contribution in [0.1, 0.15) is 6.92 Å². The first-order valence-corrected chi connectivity index (χ1v) is 11.3. The smallest absolute Gasteiger partial charge is 0.282 e. The maximum absolute atomic E-state index is 12.8. The van der Waals surface area contributed by atoms with Crippen molar-refractivity contribution in [3.05, 3.63) is 24.3 Å². The normalized spacial score (nSPS) is 18.8. The Kier molecular flexibility index (Phi) is 6.28. The second kappa shape index (κ2) is 8.49. The molecule has 2 saturated heterocycles. The summed E-state index contributed by atoms with van der Waals surface area (Å²) in [7, 11) is -3.60. The molecule has 0 spiro atoms. The fourth-order valence-electron chi connectivity index (χ4n) is 3.03. The quantitative estimate of drug-likeness (QED) is 0.694. The Labute approximate surface area is 163 Å². The number of ether oxygens (including phenoxy) is 1. The zero-order valence-electron chi connectivity index (χ0n) is 15.2. The molecule has 10 heteroatoms. The van der Waals surface area contributed by atoms with E-state index < -0.39 is 10.0 Å². The average molecular weight is 414 g/mol. The van der Waals surface area contributed by atoms with Crippen LogP contribution in [0.4, 0.5) is 4.79 Å². The van der Waals surface area contributed by atoms with Gasteiger partial charge in [-0.25, -0.2) is 8.42 Å². The van der Waals surface area contributed by atoms with Crippen LogP contribution in [0.15, 0.2) is 29.2 Å². The van der Waals surface area contributed by atoms with Gasteiger partial charge in [-0.05, 0) is 31.2 Å². The van der Waals surface area contributed by atoms with Gasteiger partial charge in [-0.15, -0.1) is 0 Å². The third kappa shape index (κ3) is 4.56. The summed E-state index contributed by atoms with van der Waals surface area (Å²) in [6.07, 6.45) is 0. The van der Waals surface area contributed by atoms with Crippen LogP contribution in [-0.2, 0) is 14.8 Å². The first-order chi connectivity index (χ1) is 12.9. The van der Waals surface area contributed by atoms with Crippen LogP contribution in [0.3, 0.4) is 0 Å². The van der Waals surface area contributed by atoms with E-state index in [1.165, 1.54) is 33.1 Å². The van der Waals surface area contributed by atoms with Gasteiger partial charge in [-0.3, -0.25) is 9.59 Å². The van der Waals surface area contributed by atoms with E-state index in [1.54, 1.807) is 17.0 Å². The predicted octanol–water partition coefficient (Wildman–Crippen LogP) is 1.09. The van der Waals surface area contributed by atoms with Crippen molar-refractivity contribution < 1.29 is 22.7 Å². The Morgan fingerprint density at radius 3 is 2.33 bits per heavy atom. The summed E-state index contributed by atoms with van der Waals surface area (Å²) in [6, 6.07) is 6.35. The molecule has 0 saturated carbocycles. The SMILES string of the molecule is CCOc1ccc(S(=O)(=O)N2CCN(C(=O)CN3CCSC3=O)CC2)cc1. The number of rotatable bonds is 6. The average Bonchev–Trinajstić information content (AvgIpc) is 3.07. The molecule has 0 aromatic heterocycles. The molecule has 2 heterocycles. The fraction of sp³-hybridized carbons (Fsp3) is 0.529. The maximum Gasteiger partial charge on any atom is 0.282 e. The van der Waals surface area contributed by atoms with Gasteiger partial charge in [0.05, 0.1) is 11.5 Å². The van der Waals surface area contributed by atoms with Crippen molar-refractivity contribution in [3.63, 3.8) is 0 Å². The summed E-state index contributed by atoms with van der Waals surface area (Å²) in [5.74, 6) is 1.20. The zero-order chi connectivity index (χ0) is 19.4. The molecule has 1 aromatic carbocycles. The van der Waals surface area contributed by atoms with E-state index in [0.29, 0.717) is 37.7 Å². The van der Waals surface area contributed by atoms with Crippen molar-refractivity contribution in [2.24, 2.45) is 0 Å². The Morgan fingerprint density at radius 1 is 1.11 bits per heavy atom. The van der Waals surface area contributed by atoms with Gasteiger partial charge >= 0.3 is 0 Å². The summed E-state index contributed by atoms with van der Waals surface area (Å²) in [4.78, 5) is 27.4. The Balaban J connectivity index is 1.57.